The van der Waals surface area contributed by atoms with E-state index in [4.69, 9.17) is 10.7 Å². The monoisotopic (exact) mass is 248 g/mol. The van der Waals surface area contributed by atoms with E-state index in [-0.39, 0.29) is 0 Å². The van der Waals surface area contributed by atoms with Crippen LogP contribution >= 0.6 is 0 Å². The summed E-state index contributed by atoms with van der Waals surface area (Å²) in [5, 5.41) is 0. The number of hydrogen-bond donors (Lipinski definition) is 1. The molecule has 1 aliphatic carbocycles. The number of nitrogens with two attached hydrogens (primary N) is 1. The molecule has 0 bridgehead atoms. The molecule has 1 fully saturated rings. The van der Waals surface area contributed by atoms with Crippen LogP contribution in [0.25, 0.3) is 0 Å². The summed E-state index contributed by atoms with van der Waals surface area (Å²) in [6.07, 6.45) is 3.52. The summed E-state index contributed by atoms with van der Waals surface area (Å²) < 4.78 is 0. The van der Waals surface area contributed by atoms with Crippen LogP contribution in [0.2, 0.25) is 0 Å². The molecule has 18 heavy (non-hydrogen) atoms. The van der Waals surface area contributed by atoms with Gasteiger partial charge >= 0.3 is 0 Å². The van der Waals surface area contributed by atoms with Crippen molar-refractivity contribution in [3.05, 3.63) is 11.4 Å². The van der Waals surface area contributed by atoms with Crippen molar-refractivity contribution in [2.75, 3.05) is 17.2 Å². The van der Waals surface area contributed by atoms with E-state index in [2.05, 4.69) is 30.7 Å². The third-order valence-electron chi connectivity index (χ3n) is 3.48. The molecule has 0 amide bonds. The molecule has 0 spiro atoms. The molecule has 100 valence electrons. The summed E-state index contributed by atoms with van der Waals surface area (Å²) in [4.78, 5) is 11.5. The van der Waals surface area contributed by atoms with Crippen LogP contribution in [-0.2, 0) is 0 Å². The van der Waals surface area contributed by atoms with Crippen molar-refractivity contribution >= 4 is 11.6 Å². The van der Waals surface area contributed by atoms with E-state index in [9.17, 15) is 0 Å². The lowest BCUT2D eigenvalue weighted by Gasteiger charge is -2.29. The third-order valence-corrected chi connectivity index (χ3v) is 3.48. The van der Waals surface area contributed by atoms with Crippen molar-refractivity contribution < 1.29 is 0 Å². The number of aromatic nitrogens is 2. The van der Waals surface area contributed by atoms with Crippen molar-refractivity contribution in [1.82, 2.24) is 9.97 Å². The zero-order chi connectivity index (χ0) is 13.3. The standard InChI is InChI=1S/C14H24N4/c1-5-8-18(9(2)3)14-10(4)12(15)16-13(17-14)11-6-7-11/h9,11H,5-8H2,1-4H3,(H2,15,16,17). The lowest BCUT2D eigenvalue weighted by Crippen LogP contribution is -2.33. The smallest absolute Gasteiger partial charge is 0.137 e. The second-order valence-corrected chi connectivity index (χ2v) is 5.48. The Kier molecular flexibility index (Phi) is 3.73. The molecule has 4 nitrogen and oxygen atoms in total. The number of nitrogens with zero attached hydrogens (tertiary/aromatic N) is 3. The van der Waals surface area contributed by atoms with Gasteiger partial charge in [-0.3, -0.25) is 0 Å². The fourth-order valence-electron chi connectivity index (χ4n) is 2.19. The maximum absolute atomic E-state index is 6.04. The molecule has 2 rings (SSSR count). The highest BCUT2D eigenvalue weighted by molar-refractivity contribution is 5.57. The Morgan fingerprint density at radius 3 is 2.50 bits per heavy atom. The average molecular weight is 248 g/mol. The molecule has 2 N–H and O–H groups in total. The Balaban J connectivity index is 2.39. The van der Waals surface area contributed by atoms with Gasteiger partial charge in [0.25, 0.3) is 0 Å². The highest BCUT2D eigenvalue weighted by Gasteiger charge is 2.29. The minimum Gasteiger partial charge on any atom is -0.383 e. The lowest BCUT2D eigenvalue weighted by atomic mass is 10.2. The van der Waals surface area contributed by atoms with Crippen molar-refractivity contribution in [1.29, 1.82) is 0 Å². The van der Waals surface area contributed by atoms with E-state index in [1.807, 2.05) is 6.92 Å². The van der Waals surface area contributed by atoms with Crippen LogP contribution in [0.3, 0.4) is 0 Å². The highest BCUT2D eigenvalue weighted by atomic mass is 15.2. The highest BCUT2D eigenvalue weighted by Crippen LogP contribution is 2.39. The SMILES string of the molecule is CCCN(c1nc(C2CC2)nc(N)c1C)C(C)C. The minimum absolute atomic E-state index is 0.435. The topological polar surface area (TPSA) is 55.0 Å². The van der Waals surface area contributed by atoms with Crippen LogP contribution < -0.4 is 10.6 Å². The molecule has 1 aliphatic rings. The summed E-state index contributed by atoms with van der Waals surface area (Å²) in [5.41, 5.74) is 7.06. The fourth-order valence-corrected chi connectivity index (χ4v) is 2.19. The Bertz CT molecular complexity index is 424. The molecule has 4 heteroatoms. The first kappa shape index (κ1) is 13.1. The van der Waals surface area contributed by atoms with Crippen LogP contribution in [0.5, 0.6) is 0 Å². The summed E-state index contributed by atoms with van der Waals surface area (Å²) >= 11 is 0. The molecule has 1 aromatic heterocycles. The van der Waals surface area contributed by atoms with Gasteiger partial charge in [0.2, 0.25) is 0 Å². The molecule has 1 heterocycles. The zero-order valence-electron chi connectivity index (χ0n) is 11.9. The first-order chi connectivity index (χ1) is 8.54. The molecule has 1 aromatic rings. The molecule has 0 atom stereocenters. The van der Waals surface area contributed by atoms with Gasteiger partial charge in [-0.25, -0.2) is 9.97 Å². The van der Waals surface area contributed by atoms with Gasteiger partial charge in [0.05, 0.1) is 0 Å². The predicted octanol–water partition coefficient (Wildman–Crippen LogP) is 2.87. The van der Waals surface area contributed by atoms with Gasteiger partial charge in [0.1, 0.15) is 17.5 Å². The van der Waals surface area contributed by atoms with Gasteiger partial charge in [0, 0.05) is 24.1 Å². The predicted molar refractivity (Wildman–Crippen MR) is 75.9 cm³/mol. The van der Waals surface area contributed by atoms with E-state index in [0.717, 1.165) is 30.2 Å². The van der Waals surface area contributed by atoms with Crippen molar-refractivity contribution in [2.45, 2.75) is 58.9 Å². The van der Waals surface area contributed by atoms with Crippen LogP contribution in [-0.4, -0.2) is 22.6 Å². The number of nitrogen functional groups attached to an aromatic ring is 1. The Morgan fingerprint density at radius 1 is 1.33 bits per heavy atom. The van der Waals surface area contributed by atoms with Crippen LogP contribution in [0, 0.1) is 6.92 Å². The lowest BCUT2D eigenvalue weighted by molar-refractivity contribution is 0.655. The van der Waals surface area contributed by atoms with Crippen LogP contribution in [0.1, 0.15) is 57.3 Å². The Labute approximate surface area is 110 Å². The van der Waals surface area contributed by atoms with Gasteiger partial charge in [-0.2, -0.15) is 0 Å². The van der Waals surface area contributed by atoms with Gasteiger partial charge < -0.3 is 10.6 Å². The van der Waals surface area contributed by atoms with Crippen LogP contribution in [0.4, 0.5) is 11.6 Å². The second kappa shape index (κ2) is 5.12. The summed E-state index contributed by atoms with van der Waals surface area (Å²) in [6, 6.07) is 0.435. The van der Waals surface area contributed by atoms with E-state index in [0.29, 0.717) is 17.8 Å². The van der Waals surface area contributed by atoms with Crippen molar-refractivity contribution in [3.8, 4) is 0 Å². The molecule has 0 aliphatic heterocycles. The Hall–Kier alpha value is -1.32. The molecular formula is C14H24N4. The van der Waals surface area contributed by atoms with E-state index >= 15 is 0 Å². The van der Waals surface area contributed by atoms with Gasteiger partial charge in [-0.05, 0) is 40.0 Å². The average Bonchev–Trinajstić information content (AvgIpc) is 3.13. The summed E-state index contributed by atoms with van der Waals surface area (Å²) in [7, 11) is 0. The molecule has 0 radical (unpaired) electrons. The van der Waals surface area contributed by atoms with Gasteiger partial charge in [-0.15, -0.1) is 0 Å². The van der Waals surface area contributed by atoms with E-state index in [1.54, 1.807) is 0 Å². The largest absolute Gasteiger partial charge is 0.383 e. The Morgan fingerprint density at radius 2 is 2.00 bits per heavy atom. The normalized spacial score (nSPS) is 15.2. The molecule has 0 aromatic carbocycles. The maximum Gasteiger partial charge on any atom is 0.137 e. The van der Waals surface area contributed by atoms with Crippen molar-refractivity contribution in [3.63, 3.8) is 0 Å². The van der Waals surface area contributed by atoms with Crippen LogP contribution in [0.15, 0.2) is 0 Å². The second-order valence-electron chi connectivity index (χ2n) is 5.48. The molecule has 0 saturated heterocycles. The maximum atomic E-state index is 6.04. The third kappa shape index (κ3) is 2.57. The summed E-state index contributed by atoms with van der Waals surface area (Å²) in [5.74, 6) is 3.15. The summed E-state index contributed by atoms with van der Waals surface area (Å²) in [6.45, 7) is 9.62. The zero-order valence-corrected chi connectivity index (χ0v) is 11.9. The fraction of sp³-hybridized carbons (Fsp3) is 0.714. The first-order valence-electron chi connectivity index (χ1n) is 6.95. The molecule has 1 saturated carbocycles. The first-order valence-corrected chi connectivity index (χ1v) is 6.95. The number of rotatable bonds is 5. The van der Waals surface area contributed by atoms with E-state index < -0.39 is 0 Å². The van der Waals surface area contributed by atoms with Gasteiger partial charge in [-0.1, -0.05) is 6.92 Å². The minimum atomic E-state index is 0.435. The van der Waals surface area contributed by atoms with Gasteiger partial charge in [0.15, 0.2) is 0 Å². The quantitative estimate of drug-likeness (QED) is 0.870. The molecule has 0 unspecified atom stereocenters. The number of hydrogen-bond acceptors (Lipinski definition) is 4. The number of anilines is 2. The van der Waals surface area contributed by atoms with Crippen molar-refractivity contribution in [2.24, 2.45) is 0 Å². The molecular weight excluding hydrogens is 224 g/mol. The van der Waals surface area contributed by atoms with E-state index in [1.165, 1.54) is 12.8 Å².